The lowest BCUT2D eigenvalue weighted by Crippen LogP contribution is -2.35. The Morgan fingerprint density at radius 2 is 2.50 bits per heavy atom. The van der Waals surface area contributed by atoms with E-state index in [1.165, 1.54) is 0 Å². The molecular weight excluding hydrogens is 135 g/mol. The SMILES string of the molecule is C[C@H]1CC[C@](CO)(CF)O1. The second-order valence-electron chi connectivity index (χ2n) is 2.94. The lowest BCUT2D eigenvalue weighted by molar-refractivity contribution is -0.0797. The summed E-state index contributed by atoms with van der Waals surface area (Å²) in [5.74, 6) is 0. The van der Waals surface area contributed by atoms with E-state index < -0.39 is 12.3 Å². The molecule has 1 fully saturated rings. The van der Waals surface area contributed by atoms with E-state index in [9.17, 15) is 4.39 Å². The van der Waals surface area contributed by atoms with Gasteiger partial charge in [-0.05, 0) is 19.8 Å². The topological polar surface area (TPSA) is 29.5 Å². The minimum Gasteiger partial charge on any atom is -0.393 e. The summed E-state index contributed by atoms with van der Waals surface area (Å²) >= 11 is 0. The number of ether oxygens (including phenoxy) is 1. The van der Waals surface area contributed by atoms with Crippen LogP contribution in [0.15, 0.2) is 0 Å². The van der Waals surface area contributed by atoms with Crippen molar-refractivity contribution in [1.29, 1.82) is 0 Å². The summed E-state index contributed by atoms with van der Waals surface area (Å²) in [6.45, 7) is 1.12. The molecule has 0 aromatic heterocycles. The summed E-state index contributed by atoms with van der Waals surface area (Å²) in [6.07, 6.45) is 1.59. The zero-order valence-electron chi connectivity index (χ0n) is 6.14. The first kappa shape index (κ1) is 7.95. The number of hydrogen-bond donors (Lipinski definition) is 1. The van der Waals surface area contributed by atoms with Crippen LogP contribution in [-0.4, -0.2) is 30.1 Å². The zero-order valence-corrected chi connectivity index (χ0v) is 6.14. The zero-order chi connectivity index (χ0) is 7.61. The molecule has 0 aromatic rings. The van der Waals surface area contributed by atoms with Gasteiger partial charge in [-0.3, -0.25) is 0 Å². The molecule has 60 valence electrons. The highest BCUT2D eigenvalue weighted by Gasteiger charge is 2.38. The summed E-state index contributed by atoms with van der Waals surface area (Å²) in [5.41, 5.74) is -0.862. The molecule has 1 aliphatic rings. The van der Waals surface area contributed by atoms with E-state index in [2.05, 4.69) is 0 Å². The molecule has 0 aliphatic carbocycles. The summed E-state index contributed by atoms with van der Waals surface area (Å²) in [6, 6.07) is 0. The van der Waals surface area contributed by atoms with Crippen molar-refractivity contribution >= 4 is 0 Å². The standard InChI is InChI=1S/C7H13FO2/c1-6-2-3-7(4-8,5-9)10-6/h6,9H,2-5H2,1H3/t6-,7+/m0/s1. The highest BCUT2D eigenvalue weighted by atomic mass is 19.1. The molecule has 1 heterocycles. The van der Waals surface area contributed by atoms with Gasteiger partial charge < -0.3 is 9.84 Å². The van der Waals surface area contributed by atoms with Crippen molar-refractivity contribution < 1.29 is 14.2 Å². The van der Waals surface area contributed by atoms with Gasteiger partial charge in [0.15, 0.2) is 0 Å². The monoisotopic (exact) mass is 148 g/mol. The van der Waals surface area contributed by atoms with E-state index in [0.29, 0.717) is 6.42 Å². The third kappa shape index (κ3) is 1.30. The second-order valence-corrected chi connectivity index (χ2v) is 2.94. The Hall–Kier alpha value is -0.150. The van der Waals surface area contributed by atoms with Crippen LogP contribution < -0.4 is 0 Å². The highest BCUT2D eigenvalue weighted by Crippen LogP contribution is 2.29. The fourth-order valence-corrected chi connectivity index (χ4v) is 1.27. The number of aliphatic hydroxyl groups is 1. The van der Waals surface area contributed by atoms with Crippen LogP contribution in [0.4, 0.5) is 4.39 Å². The van der Waals surface area contributed by atoms with E-state index >= 15 is 0 Å². The smallest absolute Gasteiger partial charge is 0.121 e. The average molecular weight is 148 g/mol. The Balaban J connectivity index is 2.51. The Labute approximate surface area is 60.0 Å². The minimum absolute atomic E-state index is 0.0999. The number of hydrogen-bond acceptors (Lipinski definition) is 2. The molecule has 0 radical (unpaired) electrons. The normalized spacial score (nSPS) is 40.5. The van der Waals surface area contributed by atoms with Gasteiger partial charge in [-0.2, -0.15) is 0 Å². The minimum atomic E-state index is -0.862. The van der Waals surface area contributed by atoms with Crippen LogP contribution in [0.25, 0.3) is 0 Å². The summed E-state index contributed by atoms with van der Waals surface area (Å²) < 4.78 is 17.5. The molecule has 0 amide bonds. The first-order chi connectivity index (χ1) is 4.72. The maximum atomic E-state index is 12.2. The molecule has 10 heavy (non-hydrogen) atoms. The van der Waals surface area contributed by atoms with Crippen molar-refractivity contribution in [1.82, 2.24) is 0 Å². The fraction of sp³-hybridized carbons (Fsp3) is 1.00. The second kappa shape index (κ2) is 2.84. The van der Waals surface area contributed by atoms with Gasteiger partial charge >= 0.3 is 0 Å². The van der Waals surface area contributed by atoms with Gasteiger partial charge in [-0.1, -0.05) is 0 Å². The van der Waals surface area contributed by atoms with Crippen molar-refractivity contribution in [2.75, 3.05) is 13.3 Å². The van der Waals surface area contributed by atoms with E-state index in [0.717, 1.165) is 6.42 Å². The summed E-state index contributed by atoms with van der Waals surface area (Å²) in [4.78, 5) is 0. The summed E-state index contributed by atoms with van der Waals surface area (Å²) in [5, 5.41) is 8.77. The molecule has 3 heteroatoms. The number of aliphatic hydroxyl groups excluding tert-OH is 1. The van der Waals surface area contributed by atoms with Gasteiger partial charge in [0.1, 0.15) is 12.3 Å². The maximum Gasteiger partial charge on any atom is 0.121 e. The van der Waals surface area contributed by atoms with E-state index in [4.69, 9.17) is 9.84 Å². The van der Waals surface area contributed by atoms with Crippen LogP contribution in [-0.2, 0) is 4.74 Å². The van der Waals surface area contributed by atoms with Crippen LogP contribution in [0.2, 0.25) is 0 Å². The van der Waals surface area contributed by atoms with E-state index in [1.54, 1.807) is 0 Å². The molecule has 2 atom stereocenters. The summed E-state index contributed by atoms with van der Waals surface area (Å²) in [7, 11) is 0. The molecule has 1 saturated heterocycles. The van der Waals surface area contributed by atoms with Crippen LogP contribution in [0.1, 0.15) is 19.8 Å². The molecule has 0 aromatic carbocycles. The van der Waals surface area contributed by atoms with Crippen LogP contribution in [0, 0.1) is 0 Å². The van der Waals surface area contributed by atoms with Crippen molar-refractivity contribution in [3.8, 4) is 0 Å². The van der Waals surface area contributed by atoms with Crippen LogP contribution in [0.3, 0.4) is 0 Å². The van der Waals surface area contributed by atoms with E-state index in [1.807, 2.05) is 6.92 Å². The van der Waals surface area contributed by atoms with Crippen LogP contribution in [0.5, 0.6) is 0 Å². The Kier molecular flexibility index (Phi) is 2.26. The third-order valence-electron chi connectivity index (χ3n) is 1.99. The molecule has 1 aliphatic heterocycles. The maximum absolute atomic E-state index is 12.2. The lowest BCUT2D eigenvalue weighted by Gasteiger charge is -2.22. The predicted molar refractivity (Wildman–Crippen MR) is 35.6 cm³/mol. The molecule has 0 spiro atoms. The number of alkyl halides is 1. The number of rotatable bonds is 2. The quantitative estimate of drug-likeness (QED) is 0.630. The van der Waals surface area contributed by atoms with Gasteiger partial charge in [0.05, 0.1) is 12.7 Å². The third-order valence-corrected chi connectivity index (χ3v) is 1.99. The first-order valence-corrected chi connectivity index (χ1v) is 3.57. The van der Waals surface area contributed by atoms with Crippen molar-refractivity contribution in [3.63, 3.8) is 0 Å². The average Bonchev–Trinajstić information content (AvgIpc) is 2.33. The lowest BCUT2D eigenvalue weighted by atomic mass is 10.0. The van der Waals surface area contributed by atoms with Gasteiger partial charge in [0, 0.05) is 0 Å². The van der Waals surface area contributed by atoms with Gasteiger partial charge in [-0.25, -0.2) is 4.39 Å². The number of halogens is 1. The van der Waals surface area contributed by atoms with Crippen molar-refractivity contribution in [3.05, 3.63) is 0 Å². The molecule has 0 unspecified atom stereocenters. The highest BCUT2D eigenvalue weighted by molar-refractivity contribution is 4.86. The van der Waals surface area contributed by atoms with Gasteiger partial charge in [0.2, 0.25) is 0 Å². The van der Waals surface area contributed by atoms with Gasteiger partial charge in [-0.15, -0.1) is 0 Å². The Morgan fingerprint density at radius 1 is 1.80 bits per heavy atom. The first-order valence-electron chi connectivity index (χ1n) is 3.57. The van der Waals surface area contributed by atoms with E-state index in [-0.39, 0.29) is 12.7 Å². The Bertz CT molecular complexity index is 112. The largest absolute Gasteiger partial charge is 0.393 e. The van der Waals surface area contributed by atoms with Crippen molar-refractivity contribution in [2.45, 2.75) is 31.5 Å². The molecule has 1 N–H and O–H groups in total. The Morgan fingerprint density at radius 3 is 2.70 bits per heavy atom. The molecular formula is C7H13FO2. The van der Waals surface area contributed by atoms with Crippen molar-refractivity contribution in [2.24, 2.45) is 0 Å². The fourth-order valence-electron chi connectivity index (χ4n) is 1.27. The molecule has 2 nitrogen and oxygen atoms in total. The predicted octanol–water partition coefficient (Wildman–Crippen LogP) is 0.886. The van der Waals surface area contributed by atoms with Gasteiger partial charge in [0.25, 0.3) is 0 Å². The molecule has 0 saturated carbocycles. The molecule has 0 bridgehead atoms. The van der Waals surface area contributed by atoms with Crippen LogP contribution >= 0.6 is 0 Å². The molecule has 1 rings (SSSR count).